The van der Waals surface area contributed by atoms with Gasteiger partial charge in [-0.05, 0) is 32.6 Å². The van der Waals surface area contributed by atoms with Crippen molar-refractivity contribution < 1.29 is 19.1 Å². The van der Waals surface area contributed by atoms with Crippen molar-refractivity contribution in [3.8, 4) is 11.8 Å². The summed E-state index contributed by atoms with van der Waals surface area (Å²) >= 11 is 0. The Morgan fingerprint density at radius 2 is 1.20 bits per heavy atom. The Labute approximate surface area is 185 Å². The lowest BCUT2D eigenvalue weighted by molar-refractivity contribution is -0.147. The summed E-state index contributed by atoms with van der Waals surface area (Å²) in [7, 11) is 0. The van der Waals surface area contributed by atoms with Crippen LogP contribution in [0.3, 0.4) is 0 Å². The van der Waals surface area contributed by atoms with Gasteiger partial charge in [0.25, 0.3) is 0 Å². The minimum Gasteiger partial charge on any atom is -0.466 e. The summed E-state index contributed by atoms with van der Waals surface area (Å²) in [5.41, 5.74) is 0. The Morgan fingerprint density at radius 1 is 0.700 bits per heavy atom. The van der Waals surface area contributed by atoms with Crippen LogP contribution in [0.4, 0.5) is 0 Å². The summed E-state index contributed by atoms with van der Waals surface area (Å²) in [4.78, 5) is 23.5. The summed E-state index contributed by atoms with van der Waals surface area (Å²) in [5.74, 6) is 5.49. The van der Waals surface area contributed by atoms with E-state index < -0.39 is 0 Å². The van der Waals surface area contributed by atoms with Gasteiger partial charge in [-0.15, -0.1) is 5.92 Å². The van der Waals surface area contributed by atoms with E-state index in [0.29, 0.717) is 19.4 Å². The predicted octanol–water partition coefficient (Wildman–Crippen LogP) is 7.14. The van der Waals surface area contributed by atoms with E-state index in [9.17, 15) is 9.59 Å². The normalized spacial score (nSPS) is 11.4. The van der Waals surface area contributed by atoms with Gasteiger partial charge >= 0.3 is 11.9 Å². The quantitative estimate of drug-likeness (QED) is 0.119. The Balaban J connectivity index is 3.38. The molecule has 0 aliphatic carbocycles. The van der Waals surface area contributed by atoms with Gasteiger partial charge in [0.2, 0.25) is 0 Å². The molecule has 0 amide bonds. The highest BCUT2D eigenvalue weighted by Gasteiger charge is 2.09. The number of esters is 2. The van der Waals surface area contributed by atoms with Crippen LogP contribution in [0.2, 0.25) is 0 Å². The van der Waals surface area contributed by atoms with Crippen LogP contribution in [0.1, 0.15) is 130 Å². The van der Waals surface area contributed by atoms with Crippen molar-refractivity contribution in [1.29, 1.82) is 0 Å². The number of rotatable bonds is 20. The van der Waals surface area contributed by atoms with Gasteiger partial charge in [0.05, 0.1) is 6.61 Å². The molecule has 0 rings (SSSR count). The zero-order valence-electron chi connectivity index (χ0n) is 19.9. The Morgan fingerprint density at radius 3 is 1.73 bits per heavy atom. The molecule has 4 nitrogen and oxygen atoms in total. The maximum absolute atomic E-state index is 11.8. The molecule has 0 aliphatic heterocycles. The highest BCUT2D eigenvalue weighted by Crippen LogP contribution is 2.11. The van der Waals surface area contributed by atoms with E-state index in [1.807, 2.05) is 6.92 Å². The van der Waals surface area contributed by atoms with E-state index in [1.165, 1.54) is 38.5 Å². The van der Waals surface area contributed by atoms with E-state index in [1.54, 1.807) is 6.92 Å². The van der Waals surface area contributed by atoms with Gasteiger partial charge in [0.1, 0.15) is 0 Å². The smallest absolute Gasteiger partial charge is 0.307 e. The number of carbonyl (C=O) groups excluding carboxylic acids is 2. The molecule has 0 aromatic heterocycles. The van der Waals surface area contributed by atoms with Crippen LogP contribution in [0, 0.1) is 11.8 Å². The number of unbranched alkanes of at least 4 members (excludes halogenated alkanes) is 12. The fourth-order valence-electron chi connectivity index (χ4n) is 3.33. The number of ether oxygens (including phenoxy) is 2. The van der Waals surface area contributed by atoms with Crippen LogP contribution in [-0.4, -0.2) is 24.6 Å². The molecule has 30 heavy (non-hydrogen) atoms. The van der Waals surface area contributed by atoms with Crippen LogP contribution < -0.4 is 0 Å². The van der Waals surface area contributed by atoms with Crippen LogP contribution >= 0.6 is 0 Å². The molecule has 0 saturated carbocycles. The molecule has 4 heteroatoms. The molecule has 1 atom stereocenters. The fourth-order valence-corrected chi connectivity index (χ4v) is 3.33. The minimum atomic E-state index is -0.266. The first-order valence-corrected chi connectivity index (χ1v) is 12.4. The average molecular weight is 423 g/mol. The highest BCUT2D eigenvalue weighted by molar-refractivity contribution is 5.69. The second-order valence-corrected chi connectivity index (χ2v) is 8.10. The fraction of sp³-hybridized carbons (Fsp3) is 0.846. The van der Waals surface area contributed by atoms with Gasteiger partial charge < -0.3 is 9.47 Å². The summed E-state index contributed by atoms with van der Waals surface area (Å²) in [6.07, 6.45) is 17.5. The van der Waals surface area contributed by atoms with E-state index >= 15 is 0 Å². The van der Waals surface area contributed by atoms with Gasteiger partial charge in [0, 0.05) is 12.8 Å². The lowest BCUT2D eigenvalue weighted by Crippen LogP contribution is -2.15. The molecule has 0 radical (unpaired) electrons. The zero-order chi connectivity index (χ0) is 22.3. The maximum atomic E-state index is 11.8. The third kappa shape index (κ3) is 19.8. The lowest BCUT2D eigenvalue weighted by Gasteiger charge is -2.10. The third-order valence-corrected chi connectivity index (χ3v) is 5.22. The topological polar surface area (TPSA) is 52.6 Å². The van der Waals surface area contributed by atoms with Crippen LogP contribution in [0.5, 0.6) is 0 Å². The van der Waals surface area contributed by atoms with Gasteiger partial charge in [-0.2, -0.15) is 0 Å². The number of hydrogen-bond donors (Lipinski definition) is 0. The molecule has 0 aromatic carbocycles. The highest BCUT2D eigenvalue weighted by atomic mass is 16.5. The second-order valence-electron chi connectivity index (χ2n) is 8.10. The van der Waals surface area contributed by atoms with E-state index in [4.69, 9.17) is 9.47 Å². The summed E-state index contributed by atoms with van der Waals surface area (Å²) in [6, 6.07) is 0. The minimum absolute atomic E-state index is 0.0543. The van der Waals surface area contributed by atoms with Gasteiger partial charge in [-0.25, -0.2) is 0 Å². The SMILES string of the molecule is CC#CC(CC)OC(=O)CCCCCCCCC(=O)OCCCCCCCCCC. The van der Waals surface area contributed by atoms with Crippen molar-refractivity contribution in [2.45, 2.75) is 136 Å². The molecule has 0 spiro atoms. The summed E-state index contributed by atoms with van der Waals surface area (Å²) in [6.45, 7) is 6.54. The number of hydrogen-bond acceptors (Lipinski definition) is 4. The molecule has 0 N–H and O–H groups in total. The third-order valence-electron chi connectivity index (χ3n) is 5.22. The molecule has 0 fully saturated rings. The number of carbonyl (C=O) groups is 2. The average Bonchev–Trinajstić information content (AvgIpc) is 2.74. The molecule has 0 saturated heterocycles. The van der Waals surface area contributed by atoms with Crippen LogP contribution in [-0.2, 0) is 19.1 Å². The van der Waals surface area contributed by atoms with Crippen LogP contribution in [0.15, 0.2) is 0 Å². The molecular weight excluding hydrogens is 376 g/mol. The molecule has 0 aromatic rings. The zero-order valence-corrected chi connectivity index (χ0v) is 19.9. The molecule has 0 heterocycles. The molecule has 1 unspecified atom stereocenters. The van der Waals surface area contributed by atoms with Crippen molar-refractivity contribution in [2.24, 2.45) is 0 Å². The van der Waals surface area contributed by atoms with Gasteiger partial charge in [-0.1, -0.05) is 90.4 Å². The van der Waals surface area contributed by atoms with Crippen molar-refractivity contribution >= 4 is 11.9 Å². The summed E-state index contributed by atoms with van der Waals surface area (Å²) in [5, 5.41) is 0. The first-order chi connectivity index (χ1) is 14.6. The standard InChI is InChI=1S/C26H46O4/c1-4-7-8-9-10-13-16-19-23-29-25(27)21-17-14-11-12-15-18-22-26(28)30-24(6-3)20-5-2/h24H,4,6-19,21-23H2,1-3H3. The lowest BCUT2D eigenvalue weighted by atomic mass is 10.1. The van der Waals surface area contributed by atoms with Crippen molar-refractivity contribution in [3.05, 3.63) is 0 Å². The van der Waals surface area contributed by atoms with Crippen molar-refractivity contribution in [2.75, 3.05) is 6.61 Å². The second kappa shape index (κ2) is 22.2. The van der Waals surface area contributed by atoms with Gasteiger partial charge in [0.15, 0.2) is 6.10 Å². The first-order valence-electron chi connectivity index (χ1n) is 12.4. The van der Waals surface area contributed by atoms with Gasteiger partial charge in [-0.3, -0.25) is 9.59 Å². The Hall–Kier alpha value is -1.50. The molecular formula is C26H46O4. The summed E-state index contributed by atoms with van der Waals surface area (Å²) < 4.78 is 10.6. The van der Waals surface area contributed by atoms with E-state index in [-0.39, 0.29) is 18.0 Å². The van der Waals surface area contributed by atoms with E-state index in [0.717, 1.165) is 57.8 Å². The largest absolute Gasteiger partial charge is 0.466 e. The molecule has 0 bridgehead atoms. The Kier molecular flexibility index (Phi) is 21.1. The molecule has 174 valence electrons. The van der Waals surface area contributed by atoms with Crippen molar-refractivity contribution in [3.63, 3.8) is 0 Å². The van der Waals surface area contributed by atoms with E-state index in [2.05, 4.69) is 18.8 Å². The maximum Gasteiger partial charge on any atom is 0.307 e. The van der Waals surface area contributed by atoms with Crippen molar-refractivity contribution in [1.82, 2.24) is 0 Å². The predicted molar refractivity (Wildman–Crippen MR) is 124 cm³/mol. The first kappa shape index (κ1) is 28.5. The Bertz CT molecular complexity index is 475. The van der Waals surface area contributed by atoms with Crippen LogP contribution in [0.25, 0.3) is 0 Å². The monoisotopic (exact) mass is 422 g/mol. The molecule has 0 aliphatic rings.